The number of nitrogens with one attached hydrogen (secondary N) is 2. The molecule has 7 nitrogen and oxygen atoms in total. The number of carbonyl (C=O) groups excluding carboxylic acids is 1. The Hall–Kier alpha value is -2.25. The number of carbonyl (C=O) groups is 1. The van der Waals surface area contributed by atoms with Crippen LogP contribution in [0.2, 0.25) is 0 Å². The summed E-state index contributed by atoms with van der Waals surface area (Å²) in [5.41, 5.74) is 7.62. The summed E-state index contributed by atoms with van der Waals surface area (Å²) in [5, 5.41) is 0. The topological polar surface area (TPSA) is 75.1 Å². The molecule has 2 saturated heterocycles. The Morgan fingerprint density at radius 1 is 1.22 bits per heavy atom. The lowest BCUT2D eigenvalue weighted by Crippen LogP contribution is -2.49. The van der Waals surface area contributed by atoms with Crippen LogP contribution in [-0.2, 0) is 4.79 Å². The number of piperidine rings is 1. The van der Waals surface area contributed by atoms with Gasteiger partial charge in [0, 0.05) is 55.9 Å². The molecule has 3 atom stereocenters. The first-order valence-corrected chi connectivity index (χ1v) is 9.86. The number of hydrogen-bond acceptors (Lipinski definition) is 5. The molecule has 0 spiro atoms. The number of hydrazine groups is 1. The standard InChI is InChI=1S/C20H28N6O/c1-14(2)26-11-9-22-19(26)16-4-3-10-25(13-16)20(27)18-12-17(23-24-18)15-5-7-21-8-6-15/h5-9,11,14,16-18,23-24H,3-4,10,12-13H2,1-2H3. The van der Waals surface area contributed by atoms with E-state index in [-0.39, 0.29) is 18.0 Å². The number of pyridine rings is 1. The molecular formula is C20H28N6O. The number of aromatic nitrogens is 3. The highest BCUT2D eigenvalue weighted by atomic mass is 16.2. The molecule has 2 aliphatic rings. The second-order valence-electron chi connectivity index (χ2n) is 7.82. The Kier molecular flexibility index (Phi) is 5.22. The van der Waals surface area contributed by atoms with Crippen LogP contribution < -0.4 is 10.9 Å². The number of nitrogens with zero attached hydrogens (tertiary/aromatic N) is 4. The molecule has 4 heterocycles. The zero-order valence-electron chi connectivity index (χ0n) is 16.0. The van der Waals surface area contributed by atoms with Gasteiger partial charge in [0.05, 0.1) is 0 Å². The quantitative estimate of drug-likeness (QED) is 0.865. The Bertz CT molecular complexity index is 774. The maximum atomic E-state index is 13.1. The molecule has 2 aliphatic heterocycles. The molecule has 0 aliphatic carbocycles. The Morgan fingerprint density at radius 2 is 2.04 bits per heavy atom. The third-order valence-corrected chi connectivity index (χ3v) is 5.66. The van der Waals surface area contributed by atoms with Gasteiger partial charge >= 0.3 is 0 Å². The maximum absolute atomic E-state index is 13.1. The molecule has 2 fully saturated rings. The number of hydrogen-bond donors (Lipinski definition) is 2. The van der Waals surface area contributed by atoms with E-state index in [0.717, 1.165) is 43.7 Å². The molecule has 2 aromatic heterocycles. The zero-order valence-corrected chi connectivity index (χ0v) is 16.0. The van der Waals surface area contributed by atoms with Gasteiger partial charge in [0.1, 0.15) is 11.9 Å². The van der Waals surface area contributed by atoms with Crippen LogP contribution in [0.15, 0.2) is 36.9 Å². The van der Waals surface area contributed by atoms with Crippen molar-refractivity contribution < 1.29 is 4.79 Å². The van der Waals surface area contributed by atoms with Crippen molar-refractivity contribution in [3.05, 3.63) is 48.3 Å². The van der Waals surface area contributed by atoms with Crippen molar-refractivity contribution >= 4 is 5.91 Å². The third-order valence-electron chi connectivity index (χ3n) is 5.66. The van der Waals surface area contributed by atoms with E-state index in [0.29, 0.717) is 12.0 Å². The lowest BCUT2D eigenvalue weighted by atomic mass is 9.95. The van der Waals surface area contributed by atoms with E-state index >= 15 is 0 Å². The molecule has 27 heavy (non-hydrogen) atoms. The average Bonchev–Trinajstić information content (AvgIpc) is 3.38. The van der Waals surface area contributed by atoms with Crippen LogP contribution >= 0.6 is 0 Å². The van der Waals surface area contributed by atoms with E-state index in [1.54, 1.807) is 12.4 Å². The summed E-state index contributed by atoms with van der Waals surface area (Å²) in [4.78, 5) is 23.8. The van der Waals surface area contributed by atoms with Crippen molar-refractivity contribution in [2.24, 2.45) is 0 Å². The molecule has 3 unspecified atom stereocenters. The van der Waals surface area contributed by atoms with Crippen LogP contribution in [0, 0.1) is 0 Å². The summed E-state index contributed by atoms with van der Waals surface area (Å²) >= 11 is 0. The van der Waals surface area contributed by atoms with Gasteiger partial charge in [-0.05, 0) is 50.8 Å². The summed E-state index contributed by atoms with van der Waals surface area (Å²) in [6, 6.07) is 4.33. The number of imidazole rings is 1. The van der Waals surface area contributed by atoms with Crippen molar-refractivity contribution in [1.82, 2.24) is 30.3 Å². The minimum atomic E-state index is -0.188. The van der Waals surface area contributed by atoms with Crippen molar-refractivity contribution in [2.45, 2.75) is 57.2 Å². The lowest BCUT2D eigenvalue weighted by Gasteiger charge is -2.34. The van der Waals surface area contributed by atoms with E-state index in [1.807, 2.05) is 29.4 Å². The van der Waals surface area contributed by atoms with Crippen LogP contribution in [-0.4, -0.2) is 44.5 Å². The predicted molar refractivity (Wildman–Crippen MR) is 103 cm³/mol. The summed E-state index contributed by atoms with van der Waals surface area (Å²) in [6.07, 6.45) is 10.4. The van der Waals surface area contributed by atoms with Gasteiger partial charge in [-0.1, -0.05) is 0 Å². The van der Waals surface area contributed by atoms with Crippen molar-refractivity contribution in [3.8, 4) is 0 Å². The second-order valence-corrected chi connectivity index (χ2v) is 7.82. The van der Waals surface area contributed by atoms with Gasteiger partial charge in [-0.15, -0.1) is 0 Å². The van der Waals surface area contributed by atoms with Gasteiger partial charge in [-0.25, -0.2) is 15.8 Å². The molecular weight excluding hydrogens is 340 g/mol. The van der Waals surface area contributed by atoms with Crippen molar-refractivity contribution in [3.63, 3.8) is 0 Å². The van der Waals surface area contributed by atoms with Gasteiger partial charge in [0.15, 0.2) is 0 Å². The fourth-order valence-corrected chi connectivity index (χ4v) is 4.22. The Morgan fingerprint density at radius 3 is 2.81 bits per heavy atom. The van der Waals surface area contributed by atoms with E-state index < -0.39 is 0 Å². The van der Waals surface area contributed by atoms with Gasteiger partial charge in [-0.2, -0.15) is 0 Å². The molecule has 0 aromatic carbocycles. The molecule has 4 rings (SSSR count). The van der Waals surface area contributed by atoms with Crippen LogP contribution in [0.5, 0.6) is 0 Å². The highest BCUT2D eigenvalue weighted by Gasteiger charge is 2.35. The van der Waals surface area contributed by atoms with E-state index in [4.69, 9.17) is 0 Å². The molecule has 144 valence electrons. The normalized spacial score (nSPS) is 25.9. The molecule has 0 radical (unpaired) electrons. The van der Waals surface area contributed by atoms with Crippen LogP contribution in [0.25, 0.3) is 0 Å². The van der Waals surface area contributed by atoms with Gasteiger partial charge in [0.2, 0.25) is 5.91 Å². The fraction of sp³-hybridized carbons (Fsp3) is 0.550. The molecule has 0 bridgehead atoms. The van der Waals surface area contributed by atoms with Gasteiger partial charge < -0.3 is 9.47 Å². The molecule has 2 N–H and O–H groups in total. The SMILES string of the molecule is CC(C)n1ccnc1C1CCCN(C(=O)C2CC(c3ccncc3)NN2)C1. The minimum absolute atomic E-state index is 0.141. The number of rotatable bonds is 4. The summed E-state index contributed by atoms with van der Waals surface area (Å²) in [5.74, 6) is 1.60. The average molecular weight is 368 g/mol. The summed E-state index contributed by atoms with van der Waals surface area (Å²) in [7, 11) is 0. The number of amides is 1. The highest BCUT2D eigenvalue weighted by Crippen LogP contribution is 2.29. The zero-order chi connectivity index (χ0) is 18.8. The summed E-state index contributed by atoms with van der Waals surface area (Å²) in [6.45, 7) is 5.92. The minimum Gasteiger partial charge on any atom is -0.341 e. The van der Waals surface area contributed by atoms with Crippen LogP contribution in [0.4, 0.5) is 0 Å². The molecule has 7 heteroatoms. The first-order valence-electron chi connectivity index (χ1n) is 9.86. The molecule has 2 aromatic rings. The third kappa shape index (κ3) is 3.75. The summed E-state index contributed by atoms with van der Waals surface area (Å²) < 4.78 is 2.23. The van der Waals surface area contributed by atoms with E-state index in [2.05, 4.69) is 39.2 Å². The Labute approximate surface area is 160 Å². The largest absolute Gasteiger partial charge is 0.341 e. The van der Waals surface area contributed by atoms with Gasteiger partial charge in [0.25, 0.3) is 0 Å². The monoisotopic (exact) mass is 368 g/mol. The molecule has 1 amide bonds. The maximum Gasteiger partial charge on any atom is 0.241 e. The lowest BCUT2D eigenvalue weighted by molar-refractivity contribution is -0.134. The van der Waals surface area contributed by atoms with Crippen molar-refractivity contribution in [1.29, 1.82) is 0 Å². The fourth-order valence-electron chi connectivity index (χ4n) is 4.22. The second kappa shape index (κ2) is 7.78. The highest BCUT2D eigenvalue weighted by molar-refractivity contribution is 5.82. The van der Waals surface area contributed by atoms with Gasteiger partial charge in [-0.3, -0.25) is 9.78 Å². The smallest absolute Gasteiger partial charge is 0.241 e. The van der Waals surface area contributed by atoms with Crippen LogP contribution in [0.1, 0.15) is 62.5 Å². The van der Waals surface area contributed by atoms with E-state index in [1.165, 1.54) is 0 Å². The predicted octanol–water partition coefficient (Wildman–Crippen LogP) is 2.17. The molecule has 0 saturated carbocycles. The Balaban J connectivity index is 1.41. The van der Waals surface area contributed by atoms with E-state index in [9.17, 15) is 4.79 Å². The first kappa shape index (κ1) is 18.1. The van der Waals surface area contributed by atoms with Crippen molar-refractivity contribution in [2.75, 3.05) is 13.1 Å². The first-order chi connectivity index (χ1) is 13.1. The van der Waals surface area contributed by atoms with Crippen LogP contribution in [0.3, 0.4) is 0 Å². The number of likely N-dealkylation sites (tertiary alicyclic amines) is 1.